The summed E-state index contributed by atoms with van der Waals surface area (Å²) in [7, 11) is 1.67. The second kappa shape index (κ2) is 5.64. The molecule has 0 atom stereocenters. The highest BCUT2D eigenvalue weighted by molar-refractivity contribution is 4.68. The Kier molecular flexibility index (Phi) is 5.57. The first-order valence-corrected chi connectivity index (χ1v) is 5.14. The van der Waals surface area contributed by atoms with Gasteiger partial charge in [0.15, 0.2) is 0 Å². The predicted octanol–water partition coefficient (Wildman–Crippen LogP) is 3.87. The lowest BCUT2D eigenvalue weighted by molar-refractivity contribution is 0.00890. The molecule has 0 rings (SSSR count). The smallest absolute Gasteiger partial charge is 0.245 e. The van der Waals surface area contributed by atoms with E-state index in [1.54, 1.807) is 7.11 Å². The lowest BCUT2D eigenvalue weighted by atomic mass is 9.87. The molecular formula is C11H22F2O. The van der Waals surface area contributed by atoms with Gasteiger partial charge in [-0.1, -0.05) is 20.3 Å². The van der Waals surface area contributed by atoms with Crippen molar-refractivity contribution in [2.45, 2.75) is 52.4 Å². The second-order valence-electron chi connectivity index (χ2n) is 4.87. The monoisotopic (exact) mass is 208 g/mol. The SMILES string of the molecule is COCC(C)(C)CCCCC(C)(F)F. The number of hydrogen-bond donors (Lipinski definition) is 0. The number of unbranched alkanes of at least 4 members (excludes halogenated alkanes) is 1. The molecule has 0 aliphatic rings. The minimum Gasteiger partial charge on any atom is -0.384 e. The van der Waals surface area contributed by atoms with Gasteiger partial charge in [0.2, 0.25) is 5.92 Å². The molecule has 0 N–H and O–H groups in total. The molecule has 0 bridgehead atoms. The molecule has 0 saturated heterocycles. The van der Waals surface area contributed by atoms with Gasteiger partial charge in [-0.2, -0.15) is 0 Å². The molecule has 3 heteroatoms. The van der Waals surface area contributed by atoms with Gasteiger partial charge >= 0.3 is 0 Å². The highest BCUT2D eigenvalue weighted by atomic mass is 19.3. The topological polar surface area (TPSA) is 9.23 Å². The first-order chi connectivity index (χ1) is 6.27. The van der Waals surface area contributed by atoms with Crippen LogP contribution in [0.1, 0.15) is 46.5 Å². The minimum absolute atomic E-state index is 0.00391. The van der Waals surface area contributed by atoms with Crippen LogP contribution in [0.5, 0.6) is 0 Å². The number of hydrogen-bond acceptors (Lipinski definition) is 1. The molecule has 0 radical (unpaired) electrons. The Morgan fingerprint density at radius 1 is 1.00 bits per heavy atom. The van der Waals surface area contributed by atoms with Crippen LogP contribution in [0.25, 0.3) is 0 Å². The van der Waals surface area contributed by atoms with Crippen molar-refractivity contribution >= 4 is 0 Å². The molecule has 0 saturated carbocycles. The highest BCUT2D eigenvalue weighted by Gasteiger charge is 2.21. The first kappa shape index (κ1) is 13.8. The average Bonchev–Trinajstić information content (AvgIpc) is 1.96. The van der Waals surface area contributed by atoms with Crippen molar-refractivity contribution in [2.24, 2.45) is 5.41 Å². The van der Waals surface area contributed by atoms with Crippen LogP contribution in [0, 0.1) is 5.41 Å². The van der Waals surface area contributed by atoms with Crippen molar-refractivity contribution in [2.75, 3.05) is 13.7 Å². The molecule has 0 spiro atoms. The maximum absolute atomic E-state index is 12.5. The van der Waals surface area contributed by atoms with E-state index >= 15 is 0 Å². The van der Waals surface area contributed by atoms with E-state index < -0.39 is 5.92 Å². The molecule has 0 fully saturated rings. The summed E-state index contributed by atoms with van der Waals surface area (Å²) in [6, 6.07) is 0. The molecule has 0 aliphatic heterocycles. The van der Waals surface area contributed by atoms with Gasteiger partial charge < -0.3 is 4.74 Å². The average molecular weight is 208 g/mol. The fraction of sp³-hybridized carbons (Fsp3) is 1.00. The molecule has 1 nitrogen and oxygen atoms in total. The third-order valence-electron chi connectivity index (χ3n) is 2.25. The molecule has 86 valence electrons. The predicted molar refractivity (Wildman–Crippen MR) is 54.7 cm³/mol. The molecule has 0 heterocycles. The minimum atomic E-state index is -2.51. The maximum atomic E-state index is 12.5. The molecule has 0 aromatic rings. The van der Waals surface area contributed by atoms with Gasteiger partial charge in [-0.05, 0) is 25.2 Å². The second-order valence-corrected chi connectivity index (χ2v) is 4.87. The van der Waals surface area contributed by atoms with Gasteiger partial charge in [-0.3, -0.25) is 0 Å². The van der Waals surface area contributed by atoms with E-state index in [9.17, 15) is 8.78 Å². The van der Waals surface area contributed by atoms with Crippen molar-refractivity contribution in [3.8, 4) is 0 Å². The molecule has 0 unspecified atom stereocenters. The molecule has 0 aliphatic carbocycles. The number of methoxy groups -OCH3 is 1. The molecular weight excluding hydrogens is 186 g/mol. The van der Waals surface area contributed by atoms with Crippen LogP contribution in [-0.4, -0.2) is 19.6 Å². The Morgan fingerprint density at radius 3 is 1.93 bits per heavy atom. The van der Waals surface area contributed by atoms with Crippen molar-refractivity contribution in [3.63, 3.8) is 0 Å². The van der Waals surface area contributed by atoms with E-state index in [0.717, 1.165) is 19.8 Å². The van der Waals surface area contributed by atoms with Crippen LogP contribution in [0.4, 0.5) is 8.78 Å². The zero-order valence-corrected chi connectivity index (χ0v) is 9.70. The number of halogens is 2. The van der Waals surface area contributed by atoms with E-state index in [4.69, 9.17) is 4.74 Å². The normalized spacial score (nSPS) is 13.3. The molecule has 14 heavy (non-hydrogen) atoms. The fourth-order valence-corrected chi connectivity index (χ4v) is 1.50. The van der Waals surface area contributed by atoms with Crippen LogP contribution in [-0.2, 0) is 4.74 Å². The summed E-state index contributed by atoms with van der Waals surface area (Å²) < 4.78 is 30.0. The maximum Gasteiger partial charge on any atom is 0.245 e. The molecule has 0 aromatic carbocycles. The van der Waals surface area contributed by atoms with Gasteiger partial charge in [0.25, 0.3) is 0 Å². The van der Waals surface area contributed by atoms with E-state index in [1.165, 1.54) is 0 Å². The van der Waals surface area contributed by atoms with Crippen molar-refractivity contribution in [1.29, 1.82) is 0 Å². The molecule has 0 aromatic heterocycles. The fourth-order valence-electron chi connectivity index (χ4n) is 1.50. The van der Waals surface area contributed by atoms with E-state index in [-0.39, 0.29) is 11.8 Å². The molecule has 0 amide bonds. The Balaban J connectivity index is 3.54. The van der Waals surface area contributed by atoms with E-state index in [1.807, 2.05) is 0 Å². The van der Waals surface area contributed by atoms with Gasteiger partial charge in [0.1, 0.15) is 0 Å². The largest absolute Gasteiger partial charge is 0.384 e. The van der Waals surface area contributed by atoms with Crippen LogP contribution in [0.15, 0.2) is 0 Å². The quantitative estimate of drug-likeness (QED) is 0.577. The lowest BCUT2D eigenvalue weighted by Gasteiger charge is -2.23. The van der Waals surface area contributed by atoms with E-state index in [2.05, 4.69) is 13.8 Å². The summed E-state index contributed by atoms with van der Waals surface area (Å²) in [5, 5.41) is 0. The highest BCUT2D eigenvalue weighted by Crippen LogP contribution is 2.26. The zero-order valence-electron chi connectivity index (χ0n) is 9.70. The number of alkyl halides is 2. The summed E-state index contributed by atoms with van der Waals surface area (Å²) in [5.74, 6) is -2.51. The number of rotatable bonds is 7. The summed E-state index contributed by atoms with van der Waals surface area (Å²) in [6.45, 7) is 5.87. The third kappa shape index (κ3) is 8.42. The van der Waals surface area contributed by atoms with E-state index in [0.29, 0.717) is 13.0 Å². The van der Waals surface area contributed by atoms with Crippen LogP contribution >= 0.6 is 0 Å². The number of ether oxygens (including phenoxy) is 1. The standard InChI is InChI=1S/C11H22F2O/c1-10(2,9-14-4)7-5-6-8-11(3,12)13/h5-9H2,1-4H3. The van der Waals surface area contributed by atoms with Gasteiger partial charge in [0, 0.05) is 13.5 Å². The Hall–Kier alpha value is -0.180. The van der Waals surface area contributed by atoms with Gasteiger partial charge in [-0.25, -0.2) is 8.78 Å². The summed E-state index contributed by atoms with van der Waals surface area (Å²) in [4.78, 5) is 0. The Morgan fingerprint density at radius 2 is 1.50 bits per heavy atom. The lowest BCUT2D eigenvalue weighted by Crippen LogP contribution is -2.18. The Bertz CT molecular complexity index is 150. The van der Waals surface area contributed by atoms with Crippen LogP contribution in [0.2, 0.25) is 0 Å². The first-order valence-electron chi connectivity index (χ1n) is 5.14. The summed E-state index contributed by atoms with van der Waals surface area (Å²) in [6.07, 6.45) is 2.38. The Labute approximate surface area is 85.8 Å². The zero-order chi connectivity index (χ0) is 11.2. The van der Waals surface area contributed by atoms with Crippen LogP contribution in [0.3, 0.4) is 0 Å². The third-order valence-corrected chi connectivity index (χ3v) is 2.25. The summed E-state index contributed by atoms with van der Waals surface area (Å²) >= 11 is 0. The van der Waals surface area contributed by atoms with Crippen molar-refractivity contribution < 1.29 is 13.5 Å². The van der Waals surface area contributed by atoms with Gasteiger partial charge in [0.05, 0.1) is 6.61 Å². The van der Waals surface area contributed by atoms with Crippen LogP contribution < -0.4 is 0 Å². The van der Waals surface area contributed by atoms with Crippen molar-refractivity contribution in [3.05, 3.63) is 0 Å². The summed E-state index contributed by atoms with van der Waals surface area (Å²) in [5.41, 5.74) is 0.109. The van der Waals surface area contributed by atoms with Crippen molar-refractivity contribution in [1.82, 2.24) is 0 Å². The van der Waals surface area contributed by atoms with Gasteiger partial charge in [-0.15, -0.1) is 0 Å².